The van der Waals surface area contributed by atoms with Gasteiger partial charge in [0, 0.05) is 37.5 Å². The molecule has 0 aliphatic carbocycles. The lowest BCUT2D eigenvalue weighted by Gasteiger charge is -2.26. The number of cyclic esters (lactones) is 1. The average Bonchev–Trinajstić information content (AvgIpc) is 3.37. The van der Waals surface area contributed by atoms with Gasteiger partial charge in [0.25, 0.3) is 0 Å². The van der Waals surface area contributed by atoms with Crippen LogP contribution in [-0.2, 0) is 20.7 Å². The van der Waals surface area contributed by atoms with Crippen molar-refractivity contribution >= 4 is 17.8 Å². The lowest BCUT2D eigenvalue weighted by Crippen LogP contribution is -2.44. The molecular formula is C35H47NO7. The number of allylic oxidation sites excluding steroid dienone is 2. The van der Waals surface area contributed by atoms with Gasteiger partial charge >= 0.3 is 6.09 Å². The minimum absolute atomic E-state index is 0.000673. The van der Waals surface area contributed by atoms with Crippen LogP contribution in [0.3, 0.4) is 0 Å². The van der Waals surface area contributed by atoms with Gasteiger partial charge in [-0.3, -0.25) is 9.59 Å². The summed E-state index contributed by atoms with van der Waals surface area (Å²) < 4.78 is 64.6. The van der Waals surface area contributed by atoms with E-state index in [1.165, 1.54) is 23.1 Å². The summed E-state index contributed by atoms with van der Waals surface area (Å²) in [6.45, 7) is 7.77. The molecule has 2 aromatic rings. The molecule has 0 aromatic heterocycles. The number of imide groups is 1. The second-order valence-corrected chi connectivity index (χ2v) is 11.5. The molecule has 0 bridgehead atoms. The summed E-state index contributed by atoms with van der Waals surface area (Å²) in [6.07, 6.45) is 4.59. The number of carbonyl (C=O) groups excluding carboxylic acids is 3. The normalized spacial score (nSPS) is 19.2. The van der Waals surface area contributed by atoms with Crippen molar-refractivity contribution in [3.05, 3.63) is 71.8 Å². The van der Waals surface area contributed by atoms with E-state index >= 15 is 0 Å². The molecule has 0 N–H and O–H groups in total. The molecule has 8 nitrogen and oxygen atoms in total. The number of nitrogens with zero attached hydrogens (tertiary/aromatic N) is 1. The lowest BCUT2D eigenvalue weighted by atomic mass is 9.84. The van der Waals surface area contributed by atoms with Gasteiger partial charge in [-0.15, -0.1) is 0 Å². The summed E-state index contributed by atoms with van der Waals surface area (Å²) in [5.41, 5.74) is 1.30. The number of hydrogen-bond acceptors (Lipinski definition) is 7. The Morgan fingerprint density at radius 1 is 0.977 bits per heavy atom. The molecule has 43 heavy (non-hydrogen) atoms. The third kappa shape index (κ3) is 9.42. The van der Waals surface area contributed by atoms with Gasteiger partial charge in [0.15, 0.2) is 17.3 Å². The number of rotatable bonds is 17. The minimum Gasteiger partial charge on any atom is -0.493 e. The van der Waals surface area contributed by atoms with E-state index in [2.05, 4.69) is 0 Å². The van der Waals surface area contributed by atoms with Gasteiger partial charge in [-0.2, -0.15) is 0 Å². The lowest BCUT2D eigenvalue weighted by molar-refractivity contribution is -0.134. The maximum Gasteiger partial charge on any atom is 0.416 e. The van der Waals surface area contributed by atoms with Crippen LogP contribution in [0.4, 0.5) is 4.79 Å². The summed E-state index contributed by atoms with van der Waals surface area (Å²) in [7, 11) is -5.30. The molecule has 2 aromatic carbocycles. The van der Waals surface area contributed by atoms with Crippen molar-refractivity contribution in [2.75, 3.05) is 33.9 Å². The molecule has 1 heterocycles. The van der Waals surface area contributed by atoms with Crippen molar-refractivity contribution in [3.8, 4) is 11.5 Å². The second-order valence-electron chi connectivity index (χ2n) is 11.5. The smallest absolute Gasteiger partial charge is 0.416 e. The van der Waals surface area contributed by atoms with Crippen molar-refractivity contribution in [1.82, 2.24) is 4.90 Å². The van der Waals surface area contributed by atoms with E-state index in [4.69, 9.17) is 27.2 Å². The Labute approximate surface area is 264 Å². The van der Waals surface area contributed by atoms with Gasteiger partial charge in [0.05, 0.1) is 27.9 Å². The van der Waals surface area contributed by atoms with E-state index in [1.807, 2.05) is 70.2 Å². The van der Waals surface area contributed by atoms with E-state index in [1.54, 1.807) is 0 Å². The molecule has 1 fully saturated rings. The maximum atomic E-state index is 13.7. The molecule has 1 saturated heterocycles. The number of benzene rings is 2. The quantitative estimate of drug-likeness (QED) is 0.113. The Morgan fingerprint density at radius 3 is 2.37 bits per heavy atom. The summed E-state index contributed by atoms with van der Waals surface area (Å²) in [5.74, 6) is -1.53. The zero-order valence-electron chi connectivity index (χ0n) is 31.4. The highest BCUT2D eigenvalue weighted by Crippen LogP contribution is 2.31. The van der Waals surface area contributed by atoms with Crippen LogP contribution in [0, 0.1) is 23.7 Å². The van der Waals surface area contributed by atoms with Crippen molar-refractivity contribution < 1.29 is 41.6 Å². The molecule has 2 amide bonds. The maximum absolute atomic E-state index is 13.7. The predicted molar refractivity (Wildman–Crippen MR) is 166 cm³/mol. The van der Waals surface area contributed by atoms with Gasteiger partial charge in [0.1, 0.15) is 6.61 Å². The van der Waals surface area contributed by atoms with Crippen LogP contribution >= 0.6 is 0 Å². The molecule has 234 valence electrons. The Bertz CT molecular complexity index is 1430. The van der Waals surface area contributed by atoms with Crippen molar-refractivity contribution in [2.24, 2.45) is 23.7 Å². The highest BCUT2D eigenvalue weighted by atomic mass is 16.6. The van der Waals surface area contributed by atoms with Crippen LogP contribution in [0.5, 0.6) is 11.5 Å². The number of ketones is 1. The predicted octanol–water partition coefficient (Wildman–Crippen LogP) is 6.76. The monoisotopic (exact) mass is 599 g/mol. The van der Waals surface area contributed by atoms with Gasteiger partial charge in [0.2, 0.25) is 5.91 Å². The Kier molecular flexibility index (Phi) is 10.1. The average molecular weight is 600 g/mol. The first kappa shape index (κ1) is 25.8. The molecular weight excluding hydrogens is 546 g/mol. The molecule has 0 radical (unpaired) electrons. The van der Waals surface area contributed by atoms with Crippen LogP contribution in [0.15, 0.2) is 60.7 Å². The summed E-state index contributed by atoms with van der Waals surface area (Å²) in [5, 5.41) is 0. The third-order valence-electron chi connectivity index (χ3n) is 7.71. The summed E-state index contributed by atoms with van der Waals surface area (Å²) in [4.78, 5) is 41.3. The van der Waals surface area contributed by atoms with Crippen LogP contribution < -0.4 is 9.47 Å². The fourth-order valence-electron chi connectivity index (χ4n) is 5.16. The molecule has 1 aliphatic rings. The number of ether oxygens (including phenoxy) is 4. The fraction of sp³-hybridized carbons (Fsp3) is 0.514. The molecule has 1 unspecified atom stereocenters. The number of hydrogen-bond donors (Lipinski definition) is 0. The zero-order valence-corrected chi connectivity index (χ0v) is 25.4. The van der Waals surface area contributed by atoms with E-state index in [0.717, 1.165) is 5.56 Å². The molecule has 0 spiro atoms. The molecule has 3 rings (SSSR count). The van der Waals surface area contributed by atoms with Gasteiger partial charge in [-0.1, -0.05) is 70.2 Å². The van der Waals surface area contributed by atoms with Crippen molar-refractivity contribution in [2.45, 2.75) is 59.4 Å². The summed E-state index contributed by atoms with van der Waals surface area (Å²) in [6, 6.07) is 13.5. The Balaban J connectivity index is 1.70. The number of carbonyl (C=O) groups is 3. The molecule has 0 saturated carbocycles. The Hall–Kier alpha value is -3.65. The first-order valence-electron chi connectivity index (χ1n) is 17.8. The number of Topliss-reactive ketones (excluding diaryl/α,β-unsaturated/α-hetero) is 1. The topological polar surface area (TPSA) is 91.4 Å². The largest absolute Gasteiger partial charge is 0.493 e. The van der Waals surface area contributed by atoms with Crippen molar-refractivity contribution in [3.63, 3.8) is 0 Å². The first-order chi connectivity index (χ1) is 23.0. The highest BCUT2D eigenvalue weighted by molar-refractivity contribution is 5.98. The molecule has 8 heteroatoms. The Morgan fingerprint density at radius 2 is 1.70 bits per heavy atom. The number of amides is 2. The van der Waals surface area contributed by atoms with Crippen LogP contribution in [0.2, 0.25) is 0 Å². The zero-order chi connectivity index (χ0) is 36.4. The SMILES string of the molecule is [2H]C([2H])([2H])OCCCOc1cc(C(=O)C(C/C=C/C[C@H](C(=O)N2C(=O)OC[C@@H]2Cc2ccccc2)C(C)C)C(C)C)ccc1OC([2H])([2H])[2H]. The van der Waals surface area contributed by atoms with Crippen LogP contribution in [0.25, 0.3) is 0 Å². The van der Waals surface area contributed by atoms with E-state index in [-0.39, 0.29) is 67.3 Å². The standard InChI is InChI=1S/C35H47NO7/c1-24(2)29(33(37)27-17-18-31(41-6)32(22-27)42-20-12-19-40-5)15-10-11-16-30(25(3)4)34(38)36-28(23-43-35(36)39)21-26-13-8-7-9-14-26/h7-11,13-14,17-18,22,24-25,28-30H,12,15-16,19-21,23H2,1-6H3/b11-10+/t28-,29?,30-/m0/s1/i5D3,6D3. The van der Waals surface area contributed by atoms with Gasteiger partial charge in [-0.05, 0) is 54.9 Å². The van der Waals surface area contributed by atoms with E-state index in [9.17, 15) is 14.4 Å². The number of methoxy groups -OCH3 is 2. The van der Waals surface area contributed by atoms with E-state index < -0.39 is 32.0 Å². The fourth-order valence-corrected chi connectivity index (χ4v) is 5.16. The van der Waals surface area contributed by atoms with Crippen LogP contribution in [-0.4, -0.2) is 62.6 Å². The van der Waals surface area contributed by atoms with Crippen molar-refractivity contribution in [1.29, 1.82) is 0 Å². The first-order valence-corrected chi connectivity index (χ1v) is 14.8. The van der Waals surface area contributed by atoms with Gasteiger partial charge in [-0.25, -0.2) is 9.69 Å². The van der Waals surface area contributed by atoms with Crippen LogP contribution in [0.1, 0.15) is 71.1 Å². The highest BCUT2D eigenvalue weighted by Gasteiger charge is 2.41. The summed E-state index contributed by atoms with van der Waals surface area (Å²) >= 11 is 0. The molecule has 3 atom stereocenters. The molecule has 1 aliphatic heterocycles. The third-order valence-corrected chi connectivity index (χ3v) is 7.71. The van der Waals surface area contributed by atoms with E-state index in [0.29, 0.717) is 24.8 Å². The van der Waals surface area contributed by atoms with Gasteiger partial charge < -0.3 is 18.9 Å². The second kappa shape index (κ2) is 16.8. The minimum atomic E-state index is -2.76.